The van der Waals surface area contributed by atoms with E-state index in [0.29, 0.717) is 11.8 Å². The Balaban J connectivity index is 2.73. The van der Waals surface area contributed by atoms with E-state index in [4.69, 9.17) is 0 Å². The molecule has 74 valence electrons. The van der Waals surface area contributed by atoms with Crippen molar-refractivity contribution in [1.82, 2.24) is 14.8 Å². The molecular weight excluding hydrogens is 162 g/mol. The van der Waals surface area contributed by atoms with E-state index in [1.54, 1.807) is 0 Å². The Morgan fingerprint density at radius 2 is 1.54 bits per heavy atom. The van der Waals surface area contributed by atoms with E-state index in [0.717, 1.165) is 18.2 Å². The minimum Gasteiger partial charge on any atom is -0.315 e. The molecule has 0 bridgehead atoms. The number of aromatic nitrogens is 3. The van der Waals surface area contributed by atoms with Crippen molar-refractivity contribution < 1.29 is 0 Å². The number of hydrogen-bond acceptors (Lipinski definition) is 2. The number of hydrogen-bond donors (Lipinski definition) is 0. The summed E-state index contributed by atoms with van der Waals surface area (Å²) in [6, 6.07) is 0. The van der Waals surface area contributed by atoms with Crippen molar-refractivity contribution in [2.24, 2.45) is 11.8 Å². The lowest BCUT2D eigenvalue weighted by molar-refractivity contribution is 0.358. The van der Waals surface area contributed by atoms with Gasteiger partial charge in [-0.2, -0.15) is 0 Å². The van der Waals surface area contributed by atoms with E-state index in [1.165, 1.54) is 0 Å². The lowest BCUT2D eigenvalue weighted by atomic mass is 9.98. The lowest BCUT2D eigenvalue weighted by Gasteiger charge is -2.17. The highest BCUT2D eigenvalue weighted by molar-refractivity contribution is 4.91. The molecule has 0 aliphatic heterocycles. The van der Waals surface area contributed by atoms with Gasteiger partial charge in [-0.3, -0.25) is 0 Å². The van der Waals surface area contributed by atoms with Crippen molar-refractivity contribution in [3.05, 3.63) is 11.6 Å². The van der Waals surface area contributed by atoms with Crippen LogP contribution in [0.4, 0.5) is 0 Å². The monoisotopic (exact) mass is 181 g/mol. The number of nitrogens with zero attached hydrogens (tertiary/aromatic N) is 3. The first kappa shape index (κ1) is 10.2. The van der Waals surface area contributed by atoms with Crippen LogP contribution in [0.1, 0.15) is 32.4 Å². The van der Waals surface area contributed by atoms with Gasteiger partial charge in [0.15, 0.2) is 0 Å². The highest BCUT2D eigenvalue weighted by atomic mass is 15.3. The van der Waals surface area contributed by atoms with E-state index >= 15 is 0 Å². The minimum atomic E-state index is 0.674. The molecule has 13 heavy (non-hydrogen) atoms. The average Bonchev–Trinajstić information content (AvgIpc) is 2.35. The average molecular weight is 181 g/mol. The van der Waals surface area contributed by atoms with Crippen LogP contribution in [-0.4, -0.2) is 14.8 Å². The third-order valence-electron chi connectivity index (χ3n) is 2.73. The molecule has 0 fully saturated rings. The summed E-state index contributed by atoms with van der Waals surface area (Å²) >= 11 is 0. The fourth-order valence-electron chi connectivity index (χ4n) is 1.25. The maximum Gasteiger partial charge on any atom is 0.129 e. The highest BCUT2D eigenvalue weighted by Crippen LogP contribution is 2.14. The molecular formula is C10H19N3. The summed E-state index contributed by atoms with van der Waals surface area (Å²) in [6.45, 7) is 11.8. The van der Waals surface area contributed by atoms with Crippen LogP contribution in [0.2, 0.25) is 0 Å². The summed E-state index contributed by atoms with van der Waals surface area (Å²) in [4.78, 5) is 0. The molecule has 0 N–H and O–H groups in total. The predicted molar refractivity (Wildman–Crippen MR) is 53.5 cm³/mol. The molecule has 0 saturated heterocycles. The van der Waals surface area contributed by atoms with Crippen molar-refractivity contribution in [2.75, 3.05) is 0 Å². The predicted octanol–water partition coefficient (Wildman–Crippen LogP) is 2.19. The molecule has 3 heteroatoms. The molecule has 0 amide bonds. The zero-order valence-electron chi connectivity index (χ0n) is 9.20. The molecule has 1 heterocycles. The Morgan fingerprint density at radius 1 is 1.08 bits per heavy atom. The number of aryl methyl sites for hydroxylation is 2. The molecule has 0 aliphatic carbocycles. The molecule has 1 unspecified atom stereocenters. The zero-order chi connectivity index (χ0) is 10.0. The van der Waals surface area contributed by atoms with Crippen molar-refractivity contribution in [2.45, 2.75) is 41.2 Å². The molecule has 0 saturated carbocycles. The second-order valence-electron chi connectivity index (χ2n) is 4.13. The smallest absolute Gasteiger partial charge is 0.129 e. The molecule has 1 atom stereocenters. The van der Waals surface area contributed by atoms with Crippen molar-refractivity contribution in [1.29, 1.82) is 0 Å². The maximum atomic E-state index is 4.04. The van der Waals surface area contributed by atoms with Gasteiger partial charge < -0.3 is 4.57 Å². The first-order valence-electron chi connectivity index (χ1n) is 4.88. The first-order valence-corrected chi connectivity index (χ1v) is 4.88. The largest absolute Gasteiger partial charge is 0.315 e. The number of rotatable bonds is 3. The first-order chi connectivity index (χ1) is 6.02. The van der Waals surface area contributed by atoms with Gasteiger partial charge in [0, 0.05) is 6.54 Å². The Labute approximate surface area is 80.2 Å². The fraction of sp³-hybridized carbons (Fsp3) is 0.800. The fourth-order valence-corrected chi connectivity index (χ4v) is 1.25. The zero-order valence-corrected chi connectivity index (χ0v) is 9.20. The standard InChI is InChI=1S/C10H19N3/c1-7(2)8(3)6-13-9(4)11-12-10(13)5/h7-8H,6H2,1-5H3. The van der Waals surface area contributed by atoms with Crippen LogP contribution in [0.3, 0.4) is 0 Å². The Kier molecular flexibility index (Phi) is 3.07. The van der Waals surface area contributed by atoms with Crippen molar-refractivity contribution in [3.8, 4) is 0 Å². The summed E-state index contributed by atoms with van der Waals surface area (Å²) < 4.78 is 2.19. The van der Waals surface area contributed by atoms with Crippen LogP contribution in [-0.2, 0) is 6.54 Å². The Bertz CT molecular complexity index is 256. The second-order valence-corrected chi connectivity index (χ2v) is 4.13. The van der Waals surface area contributed by atoms with Gasteiger partial charge in [-0.1, -0.05) is 20.8 Å². The normalized spacial score (nSPS) is 13.7. The second kappa shape index (κ2) is 3.90. The summed E-state index contributed by atoms with van der Waals surface area (Å²) in [5.74, 6) is 3.42. The van der Waals surface area contributed by atoms with Crippen molar-refractivity contribution in [3.63, 3.8) is 0 Å². The molecule has 1 aromatic heterocycles. The third kappa shape index (κ3) is 2.29. The molecule has 1 rings (SSSR count). The Morgan fingerprint density at radius 3 is 1.92 bits per heavy atom. The van der Waals surface area contributed by atoms with E-state index in [-0.39, 0.29) is 0 Å². The third-order valence-corrected chi connectivity index (χ3v) is 2.73. The van der Waals surface area contributed by atoms with Crippen LogP contribution in [0.15, 0.2) is 0 Å². The lowest BCUT2D eigenvalue weighted by Crippen LogP contribution is -2.15. The molecule has 0 aromatic carbocycles. The summed E-state index contributed by atoms with van der Waals surface area (Å²) in [6.07, 6.45) is 0. The SMILES string of the molecule is Cc1nnc(C)n1CC(C)C(C)C. The topological polar surface area (TPSA) is 30.7 Å². The van der Waals surface area contributed by atoms with Crippen LogP contribution in [0.25, 0.3) is 0 Å². The van der Waals surface area contributed by atoms with Crippen LogP contribution < -0.4 is 0 Å². The van der Waals surface area contributed by atoms with Gasteiger partial charge >= 0.3 is 0 Å². The van der Waals surface area contributed by atoms with Gasteiger partial charge in [0.1, 0.15) is 11.6 Å². The highest BCUT2D eigenvalue weighted by Gasteiger charge is 2.11. The quantitative estimate of drug-likeness (QED) is 0.715. The van der Waals surface area contributed by atoms with Gasteiger partial charge in [0.2, 0.25) is 0 Å². The summed E-state index contributed by atoms with van der Waals surface area (Å²) in [7, 11) is 0. The van der Waals surface area contributed by atoms with Crippen LogP contribution in [0.5, 0.6) is 0 Å². The molecule has 0 aliphatic rings. The van der Waals surface area contributed by atoms with Gasteiger partial charge in [0.25, 0.3) is 0 Å². The van der Waals surface area contributed by atoms with E-state index < -0.39 is 0 Å². The minimum absolute atomic E-state index is 0.674. The van der Waals surface area contributed by atoms with E-state index in [2.05, 4.69) is 35.5 Å². The molecule has 3 nitrogen and oxygen atoms in total. The van der Waals surface area contributed by atoms with E-state index in [9.17, 15) is 0 Å². The van der Waals surface area contributed by atoms with E-state index in [1.807, 2.05) is 13.8 Å². The molecule has 0 radical (unpaired) electrons. The molecule has 0 spiro atoms. The van der Waals surface area contributed by atoms with Gasteiger partial charge in [0.05, 0.1) is 0 Å². The van der Waals surface area contributed by atoms with Crippen LogP contribution in [0, 0.1) is 25.7 Å². The maximum absolute atomic E-state index is 4.04. The summed E-state index contributed by atoms with van der Waals surface area (Å²) in [5, 5.41) is 8.08. The molecule has 1 aromatic rings. The van der Waals surface area contributed by atoms with Gasteiger partial charge in [-0.05, 0) is 25.7 Å². The van der Waals surface area contributed by atoms with Gasteiger partial charge in [-0.25, -0.2) is 0 Å². The Hall–Kier alpha value is -0.860. The van der Waals surface area contributed by atoms with Gasteiger partial charge in [-0.15, -0.1) is 10.2 Å². The summed E-state index contributed by atoms with van der Waals surface area (Å²) in [5.41, 5.74) is 0. The van der Waals surface area contributed by atoms with Crippen molar-refractivity contribution >= 4 is 0 Å². The van der Waals surface area contributed by atoms with Crippen LogP contribution >= 0.6 is 0 Å².